The molecular formula is C19H24N2O4. The summed E-state index contributed by atoms with van der Waals surface area (Å²) in [7, 11) is 3.19. The monoisotopic (exact) mass is 344 g/mol. The van der Waals surface area contributed by atoms with Crippen molar-refractivity contribution in [2.75, 3.05) is 32.7 Å². The van der Waals surface area contributed by atoms with Crippen molar-refractivity contribution in [2.45, 2.75) is 13.5 Å². The van der Waals surface area contributed by atoms with Crippen molar-refractivity contribution in [3.8, 4) is 17.2 Å². The topological polar surface area (TPSA) is 68.8 Å². The molecule has 6 nitrogen and oxygen atoms in total. The van der Waals surface area contributed by atoms with Gasteiger partial charge in [-0.05, 0) is 36.8 Å². The Morgan fingerprint density at radius 2 is 1.76 bits per heavy atom. The van der Waals surface area contributed by atoms with Crippen molar-refractivity contribution in [3.05, 3.63) is 48.0 Å². The quantitative estimate of drug-likeness (QED) is 0.732. The number of hydrogen-bond acceptors (Lipinski definition) is 5. The summed E-state index contributed by atoms with van der Waals surface area (Å²) in [4.78, 5) is 12.1. The highest BCUT2D eigenvalue weighted by molar-refractivity contribution is 5.93. The van der Waals surface area contributed by atoms with Crippen LogP contribution in [-0.4, -0.2) is 33.3 Å². The number of hydrogen-bond donors (Lipinski definition) is 2. The standard InChI is InChI=1S/C19H24N2O4/c1-4-25-16-8-6-5-7-15(16)21-19(22)13-20-12-14-9-10-17(23-2)18(11-14)24-3/h5-11,20H,4,12-13H2,1-3H3,(H,21,22). The van der Waals surface area contributed by atoms with E-state index in [1.165, 1.54) is 0 Å². The van der Waals surface area contributed by atoms with Crippen LogP contribution in [0.1, 0.15) is 12.5 Å². The van der Waals surface area contributed by atoms with Gasteiger partial charge in [-0.25, -0.2) is 0 Å². The maximum Gasteiger partial charge on any atom is 0.238 e. The van der Waals surface area contributed by atoms with Gasteiger partial charge in [-0.3, -0.25) is 4.79 Å². The van der Waals surface area contributed by atoms with Gasteiger partial charge in [-0.15, -0.1) is 0 Å². The van der Waals surface area contributed by atoms with Crippen molar-refractivity contribution >= 4 is 11.6 Å². The summed E-state index contributed by atoms with van der Waals surface area (Å²) >= 11 is 0. The number of carbonyl (C=O) groups excluding carboxylic acids is 1. The molecule has 1 amide bonds. The van der Waals surface area contributed by atoms with E-state index in [9.17, 15) is 4.79 Å². The fraction of sp³-hybridized carbons (Fsp3) is 0.316. The van der Waals surface area contributed by atoms with Crippen LogP contribution in [0.25, 0.3) is 0 Å². The molecule has 0 spiro atoms. The van der Waals surface area contributed by atoms with Crippen LogP contribution in [0, 0.1) is 0 Å². The van der Waals surface area contributed by atoms with Gasteiger partial charge in [0.15, 0.2) is 11.5 Å². The zero-order valence-corrected chi connectivity index (χ0v) is 14.8. The maximum absolute atomic E-state index is 12.1. The molecule has 0 atom stereocenters. The Morgan fingerprint density at radius 3 is 2.48 bits per heavy atom. The summed E-state index contributed by atoms with van der Waals surface area (Å²) in [5, 5.41) is 5.96. The van der Waals surface area contributed by atoms with Crippen LogP contribution in [0.15, 0.2) is 42.5 Å². The number of benzene rings is 2. The highest BCUT2D eigenvalue weighted by Gasteiger charge is 2.08. The van der Waals surface area contributed by atoms with Gasteiger partial charge in [0.2, 0.25) is 5.91 Å². The van der Waals surface area contributed by atoms with E-state index in [1.54, 1.807) is 14.2 Å². The molecule has 2 rings (SSSR count). The molecule has 6 heteroatoms. The molecule has 0 aliphatic rings. The number of carbonyl (C=O) groups is 1. The number of anilines is 1. The van der Waals surface area contributed by atoms with Gasteiger partial charge in [0.25, 0.3) is 0 Å². The van der Waals surface area contributed by atoms with E-state index in [0.29, 0.717) is 36.1 Å². The molecule has 0 radical (unpaired) electrons. The molecule has 2 aromatic rings. The van der Waals surface area contributed by atoms with E-state index in [2.05, 4.69) is 10.6 Å². The first kappa shape index (κ1) is 18.6. The summed E-state index contributed by atoms with van der Waals surface area (Å²) in [6.45, 7) is 3.18. The third kappa shape index (κ3) is 5.39. The molecule has 0 aliphatic carbocycles. The fourth-order valence-electron chi connectivity index (χ4n) is 2.36. The normalized spacial score (nSPS) is 10.2. The number of nitrogens with one attached hydrogen (secondary N) is 2. The van der Waals surface area contributed by atoms with E-state index in [1.807, 2.05) is 49.4 Å². The van der Waals surface area contributed by atoms with Crippen molar-refractivity contribution in [2.24, 2.45) is 0 Å². The zero-order valence-electron chi connectivity index (χ0n) is 14.8. The molecule has 134 valence electrons. The highest BCUT2D eigenvalue weighted by atomic mass is 16.5. The van der Waals surface area contributed by atoms with E-state index in [-0.39, 0.29) is 12.5 Å². The van der Waals surface area contributed by atoms with E-state index < -0.39 is 0 Å². The van der Waals surface area contributed by atoms with Crippen molar-refractivity contribution in [1.82, 2.24) is 5.32 Å². The fourth-order valence-corrected chi connectivity index (χ4v) is 2.36. The number of ether oxygens (including phenoxy) is 3. The average molecular weight is 344 g/mol. The number of amides is 1. The van der Waals surface area contributed by atoms with E-state index in [4.69, 9.17) is 14.2 Å². The summed E-state index contributed by atoms with van der Waals surface area (Å²) in [6.07, 6.45) is 0. The summed E-state index contributed by atoms with van der Waals surface area (Å²) in [5.74, 6) is 1.87. The molecule has 0 aliphatic heterocycles. The Bertz CT molecular complexity index is 704. The lowest BCUT2D eigenvalue weighted by molar-refractivity contribution is -0.115. The van der Waals surface area contributed by atoms with Crippen LogP contribution >= 0.6 is 0 Å². The Morgan fingerprint density at radius 1 is 1.00 bits per heavy atom. The third-order valence-electron chi connectivity index (χ3n) is 3.52. The minimum atomic E-state index is -0.132. The molecule has 0 fully saturated rings. The molecule has 2 N–H and O–H groups in total. The average Bonchev–Trinajstić information content (AvgIpc) is 2.63. The first-order valence-electron chi connectivity index (χ1n) is 8.11. The van der Waals surface area contributed by atoms with Crippen LogP contribution in [0.2, 0.25) is 0 Å². The van der Waals surface area contributed by atoms with Gasteiger partial charge >= 0.3 is 0 Å². The Hall–Kier alpha value is -2.73. The van der Waals surface area contributed by atoms with Gasteiger partial charge in [0.1, 0.15) is 5.75 Å². The SMILES string of the molecule is CCOc1ccccc1NC(=O)CNCc1ccc(OC)c(OC)c1. The van der Waals surface area contributed by atoms with Crippen molar-refractivity contribution in [1.29, 1.82) is 0 Å². The van der Waals surface area contributed by atoms with Crippen LogP contribution < -0.4 is 24.8 Å². The smallest absolute Gasteiger partial charge is 0.238 e. The molecule has 2 aromatic carbocycles. The van der Waals surface area contributed by atoms with Gasteiger partial charge in [-0.2, -0.15) is 0 Å². The van der Waals surface area contributed by atoms with Crippen LogP contribution in [-0.2, 0) is 11.3 Å². The number of methoxy groups -OCH3 is 2. The van der Waals surface area contributed by atoms with Crippen LogP contribution in [0.5, 0.6) is 17.2 Å². The van der Waals surface area contributed by atoms with E-state index in [0.717, 1.165) is 5.56 Å². The first-order valence-corrected chi connectivity index (χ1v) is 8.11. The predicted octanol–water partition coefficient (Wildman–Crippen LogP) is 2.83. The first-order chi connectivity index (χ1) is 12.2. The lowest BCUT2D eigenvalue weighted by atomic mass is 10.2. The second-order valence-electron chi connectivity index (χ2n) is 5.27. The van der Waals surface area contributed by atoms with E-state index >= 15 is 0 Å². The number of para-hydroxylation sites is 2. The molecule has 0 heterocycles. The van der Waals surface area contributed by atoms with Gasteiger partial charge in [0, 0.05) is 6.54 Å². The maximum atomic E-state index is 12.1. The van der Waals surface area contributed by atoms with Crippen LogP contribution in [0.4, 0.5) is 5.69 Å². The third-order valence-corrected chi connectivity index (χ3v) is 3.52. The zero-order chi connectivity index (χ0) is 18.1. The largest absolute Gasteiger partial charge is 0.493 e. The Kier molecular flexibility index (Phi) is 7.10. The molecular weight excluding hydrogens is 320 g/mol. The number of rotatable bonds is 9. The Balaban J connectivity index is 1.87. The van der Waals surface area contributed by atoms with Gasteiger partial charge in [-0.1, -0.05) is 18.2 Å². The van der Waals surface area contributed by atoms with Gasteiger partial charge < -0.3 is 24.8 Å². The minimum Gasteiger partial charge on any atom is -0.493 e. The molecule has 0 aromatic heterocycles. The highest BCUT2D eigenvalue weighted by Crippen LogP contribution is 2.27. The predicted molar refractivity (Wildman–Crippen MR) is 97.5 cm³/mol. The van der Waals surface area contributed by atoms with Crippen molar-refractivity contribution in [3.63, 3.8) is 0 Å². The summed E-state index contributed by atoms with van der Waals surface area (Å²) in [5.41, 5.74) is 1.67. The summed E-state index contributed by atoms with van der Waals surface area (Å²) in [6, 6.07) is 13.0. The van der Waals surface area contributed by atoms with Crippen LogP contribution in [0.3, 0.4) is 0 Å². The lowest BCUT2D eigenvalue weighted by Gasteiger charge is -2.12. The molecule has 0 unspecified atom stereocenters. The molecule has 25 heavy (non-hydrogen) atoms. The minimum absolute atomic E-state index is 0.132. The molecule has 0 saturated carbocycles. The lowest BCUT2D eigenvalue weighted by Crippen LogP contribution is -2.27. The molecule has 0 bridgehead atoms. The Labute approximate surface area is 148 Å². The van der Waals surface area contributed by atoms with Gasteiger partial charge in [0.05, 0.1) is 33.1 Å². The second kappa shape index (κ2) is 9.54. The summed E-state index contributed by atoms with van der Waals surface area (Å²) < 4.78 is 16.0. The molecule has 0 saturated heterocycles. The van der Waals surface area contributed by atoms with Crippen molar-refractivity contribution < 1.29 is 19.0 Å². The second-order valence-corrected chi connectivity index (χ2v) is 5.27.